The van der Waals surface area contributed by atoms with Gasteiger partial charge in [0, 0.05) is 43.4 Å². The minimum atomic E-state index is -0.904. The van der Waals surface area contributed by atoms with Crippen molar-refractivity contribution >= 4 is 23.5 Å². The van der Waals surface area contributed by atoms with E-state index in [4.69, 9.17) is 9.47 Å². The largest absolute Gasteiger partial charge is 0.451 e. The Morgan fingerprint density at radius 1 is 1.19 bits per heavy atom. The molecular formula is C35H46F2N4O7. The molecule has 1 aromatic heterocycles. The molecule has 0 aliphatic carbocycles. The molecule has 2 aromatic rings. The third-order valence-corrected chi connectivity index (χ3v) is 9.45. The maximum Gasteiger partial charge on any atom is 0.308 e. The van der Waals surface area contributed by atoms with Crippen molar-refractivity contribution in [3.63, 3.8) is 0 Å². The number of hydrogen-bond acceptors (Lipinski definition) is 8. The summed E-state index contributed by atoms with van der Waals surface area (Å²) in [5.74, 6) is -3.36. The number of oxime groups is 1. The van der Waals surface area contributed by atoms with Gasteiger partial charge in [0.15, 0.2) is 5.69 Å². The number of halogens is 2. The predicted octanol–water partition coefficient (Wildman–Crippen LogP) is 5.97. The SMILES string of the molecule is C/C(C[C@@]1(C)CC[C@H](C)N2CC1n1cc(C(=O)NCc3ccc(F)cc3F)c(=O)c(OCOC(=O)CCCCCC(C)C)c1C2=O)=N/O. The molecule has 4 rings (SSSR count). The van der Waals surface area contributed by atoms with Gasteiger partial charge in [-0.05, 0) is 56.9 Å². The van der Waals surface area contributed by atoms with Crippen LogP contribution < -0.4 is 15.5 Å². The van der Waals surface area contributed by atoms with E-state index in [1.807, 2.05) is 13.8 Å². The Balaban J connectivity index is 1.69. The van der Waals surface area contributed by atoms with Gasteiger partial charge in [-0.25, -0.2) is 8.78 Å². The third kappa shape index (κ3) is 8.40. The number of nitrogens with one attached hydrogen (secondary N) is 1. The lowest BCUT2D eigenvalue weighted by Gasteiger charge is -2.43. The van der Waals surface area contributed by atoms with E-state index in [0.717, 1.165) is 25.3 Å². The van der Waals surface area contributed by atoms with Crippen molar-refractivity contribution in [2.75, 3.05) is 13.3 Å². The van der Waals surface area contributed by atoms with Gasteiger partial charge >= 0.3 is 5.97 Å². The molecule has 3 atom stereocenters. The van der Waals surface area contributed by atoms with Crippen LogP contribution >= 0.6 is 0 Å². The van der Waals surface area contributed by atoms with Crippen molar-refractivity contribution in [3.05, 3.63) is 63.1 Å². The Bertz CT molecular complexity index is 1610. The molecule has 2 aliphatic heterocycles. The number of pyridine rings is 1. The van der Waals surface area contributed by atoms with Gasteiger partial charge in [0.25, 0.3) is 11.8 Å². The van der Waals surface area contributed by atoms with Crippen LogP contribution in [-0.2, 0) is 16.1 Å². The van der Waals surface area contributed by atoms with E-state index in [-0.39, 0.29) is 42.4 Å². The summed E-state index contributed by atoms with van der Waals surface area (Å²) in [6.45, 7) is 9.16. The van der Waals surface area contributed by atoms with Gasteiger partial charge in [0.1, 0.15) is 17.2 Å². The Morgan fingerprint density at radius 3 is 2.62 bits per heavy atom. The number of rotatable bonds is 14. The first-order chi connectivity index (χ1) is 22.7. The number of amides is 2. The fourth-order valence-corrected chi connectivity index (χ4v) is 6.64. The van der Waals surface area contributed by atoms with Crippen molar-refractivity contribution in [2.24, 2.45) is 16.5 Å². The first-order valence-electron chi connectivity index (χ1n) is 16.5. The number of fused-ring (bicyclic) bond motifs is 4. The zero-order valence-corrected chi connectivity index (χ0v) is 28.3. The molecule has 11 nitrogen and oxygen atoms in total. The lowest BCUT2D eigenvalue weighted by molar-refractivity contribution is -0.150. The normalized spacial score (nSPS) is 20.7. The molecule has 48 heavy (non-hydrogen) atoms. The molecule has 2 aliphatic rings. The van der Waals surface area contributed by atoms with Crippen LogP contribution in [0.3, 0.4) is 0 Å². The Hall–Kier alpha value is -4.29. The number of ether oxygens (including phenoxy) is 2. The molecule has 1 saturated heterocycles. The van der Waals surface area contributed by atoms with Crippen LogP contribution in [0.15, 0.2) is 34.3 Å². The fourth-order valence-electron chi connectivity index (χ4n) is 6.64. The zero-order chi connectivity index (χ0) is 35.2. The molecule has 13 heteroatoms. The standard InChI is InChI=1S/C35H46F2N4O7/c1-21(2)9-7-6-8-10-29(42)47-20-48-32-30-34(45)40-19-28(35(5,14-13-23(40)4)16-22(3)39-46)41(30)18-26(31(32)43)33(44)38-17-24-11-12-25(36)15-27(24)37/h11-12,15,18,21,23,28,46H,6-10,13-14,16-17,19-20H2,1-5H3,(H,38,44)/b39-22-/t23-,28?,35+/m0/s1. The molecule has 0 radical (unpaired) electrons. The van der Waals surface area contributed by atoms with Crippen LogP contribution in [0.5, 0.6) is 5.75 Å². The lowest BCUT2D eigenvalue weighted by atomic mass is 9.74. The number of esters is 1. The second-order valence-corrected chi connectivity index (χ2v) is 13.7. The maximum atomic E-state index is 14.3. The molecule has 2 N–H and O–H groups in total. The number of hydrogen-bond donors (Lipinski definition) is 2. The third-order valence-electron chi connectivity index (χ3n) is 9.45. The second kappa shape index (κ2) is 15.7. The number of nitrogens with zero attached hydrogens (tertiary/aromatic N) is 3. The average Bonchev–Trinajstić information content (AvgIpc) is 3.14. The topological polar surface area (TPSA) is 140 Å². The molecular weight excluding hydrogens is 626 g/mol. The highest BCUT2D eigenvalue weighted by atomic mass is 19.1. The van der Waals surface area contributed by atoms with Crippen molar-refractivity contribution in [1.82, 2.24) is 14.8 Å². The van der Waals surface area contributed by atoms with Gasteiger partial charge in [-0.2, -0.15) is 0 Å². The van der Waals surface area contributed by atoms with Crippen molar-refractivity contribution in [2.45, 2.75) is 105 Å². The van der Waals surface area contributed by atoms with Crippen LogP contribution in [-0.4, -0.2) is 57.5 Å². The average molecular weight is 673 g/mol. The summed E-state index contributed by atoms with van der Waals surface area (Å²) < 4.78 is 40.3. The fraction of sp³-hybridized carbons (Fsp3) is 0.571. The lowest BCUT2D eigenvalue weighted by Crippen LogP contribution is -2.50. The quantitative estimate of drug-likeness (QED) is 0.0630. The summed E-state index contributed by atoms with van der Waals surface area (Å²) in [7, 11) is 0. The zero-order valence-electron chi connectivity index (χ0n) is 28.3. The van der Waals surface area contributed by atoms with E-state index >= 15 is 0 Å². The van der Waals surface area contributed by atoms with Crippen LogP contribution in [0.1, 0.15) is 118 Å². The van der Waals surface area contributed by atoms with E-state index in [1.165, 1.54) is 12.3 Å². The number of benzene rings is 1. The van der Waals surface area contributed by atoms with Gasteiger partial charge in [-0.15, -0.1) is 0 Å². The summed E-state index contributed by atoms with van der Waals surface area (Å²) in [6, 6.07) is 2.28. The molecule has 1 fully saturated rings. The molecule has 3 heterocycles. The molecule has 2 amide bonds. The highest BCUT2D eigenvalue weighted by Crippen LogP contribution is 2.47. The van der Waals surface area contributed by atoms with Gasteiger partial charge in [-0.1, -0.05) is 51.3 Å². The van der Waals surface area contributed by atoms with Crippen LogP contribution in [0, 0.1) is 23.0 Å². The van der Waals surface area contributed by atoms with E-state index in [9.17, 15) is 33.2 Å². The van der Waals surface area contributed by atoms with Crippen molar-refractivity contribution in [1.29, 1.82) is 0 Å². The molecule has 1 aromatic carbocycles. The molecule has 1 unspecified atom stereocenters. The summed E-state index contributed by atoms with van der Waals surface area (Å²) >= 11 is 0. The molecule has 0 saturated carbocycles. The van der Waals surface area contributed by atoms with E-state index in [0.29, 0.717) is 43.4 Å². The minimum Gasteiger partial charge on any atom is -0.451 e. The minimum absolute atomic E-state index is 0.00493. The van der Waals surface area contributed by atoms with E-state index in [2.05, 4.69) is 24.3 Å². The van der Waals surface area contributed by atoms with Gasteiger partial charge in [-0.3, -0.25) is 19.2 Å². The van der Waals surface area contributed by atoms with Crippen LogP contribution in [0.25, 0.3) is 0 Å². The van der Waals surface area contributed by atoms with Gasteiger partial charge in [0.2, 0.25) is 18.0 Å². The van der Waals surface area contributed by atoms with Crippen LogP contribution in [0.2, 0.25) is 0 Å². The summed E-state index contributed by atoms with van der Waals surface area (Å²) in [6.07, 6.45) is 6.67. The highest BCUT2D eigenvalue weighted by molar-refractivity contribution is 5.99. The van der Waals surface area contributed by atoms with Gasteiger partial charge < -0.3 is 29.5 Å². The molecule has 0 spiro atoms. The van der Waals surface area contributed by atoms with Crippen molar-refractivity contribution < 1.29 is 37.8 Å². The van der Waals surface area contributed by atoms with E-state index < -0.39 is 58.8 Å². The summed E-state index contributed by atoms with van der Waals surface area (Å²) in [4.78, 5) is 55.5. The van der Waals surface area contributed by atoms with Crippen LogP contribution in [0.4, 0.5) is 8.78 Å². The predicted molar refractivity (Wildman–Crippen MR) is 174 cm³/mol. The van der Waals surface area contributed by atoms with Gasteiger partial charge in [0.05, 0.1) is 11.8 Å². The smallest absolute Gasteiger partial charge is 0.308 e. The summed E-state index contributed by atoms with van der Waals surface area (Å²) in [5, 5.41) is 15.4. The van der Waals surface area contributed by atoms with Crippen molar-refractivity contribution in [3.8, 4) is 5.75 Å². The first kappa shape index (κ1) is 36.5. The van der Waals surface area contributed by atoms with E-state index in [1.54, 1.807) is 16.4 Å². The first-order valence-corrected chi connectivity index (χ1v) is 16.5. The highest BCUT2D eigenvalue weighted by Gasteiger charge is 2.48. The monoisotopic (exact) mass is 672 g/mol. The number of carbonyl (C=O) groups is 3. The second-order valence-electron chi connectivity index (χ2n) is 13.7. The summed E-state index contributed by atoms with van der Waals surface area (Å²) in [5.41, 5.74) is -1.45. The Morgan fingerprint density at radius 2 is 1.94 bits per heavy atom. The molecule has 262 valence electrons. The number of unbranched alkanes of at least 4 members (excludes halogenated alkanes) is 2. The number of carbonyl (C=O) groups excluding carboxylic acids is 3. The Kier molecular flexibility index (Phi) is 12.0. The number of aromatic nitrogens is 1. The maximum absolute atomic E-state index is 14.3. The Labute approximate surface area is 279 Å². The molecule has 2 bridgehead atoms.